The minimum absolute atomic E-state index is 0.0987. The van der Waals surface area contributed by atoms with E-state index in [4.69, 9.17) is 5.26 Å². The maximum absolute atomic E-state index is 12.3. The smallest absolute Gasteiger partial charge is 0.232 e. The van der Waals surface area contributed by atoms with Gasteiger partial charge in [-0.2, -0.15) is 10.4 Å². The van der Waals surface area contributed by atoms with E-state index >= 15 is 0 Å². The Morgan fingerprint density at radius 3 is 2.70 bits per heavy atom. The molecule has 0 spiro atoms. The van der Waals surface area contributed by atoms with Crippen LogP contribution in [0.1, 0.15) is 51.0 Å². The van der Waals surface area contributed by atoms with Crippen molar-refractivity contribution in [1.29, 1.82) is 5.26 Å². The summed E-state index contributed by atoms with van der Waals surface area (Å²) >= 11 is 0. The van der Waals surface area contributed by atoms with Gasteiger partial charge in [-0.3, -0.25) is 4.72 Å². The second kappa shape index (κ2) is 8.31. The molecule has 8 nitrogen and oxygen atoms in total. The van der Waals surface area contributed by atoms with Gasteiger partial charge in [0.1, 0.15) is 17.1 Å². The SMILES string of the molecule is CCCCCCCCS(=O)(=O)Nc1ccc2nnc3c(C#N)cnn3c2c1. The van der Waals surface area contributed by atoms with Crippen LogP contribution in [0.2, 0.25) is 0 Å². The van der Waals surface area contributed by atoms with Crippen molar-refractivity contribution in [2.24, 2.45) is 0 Å². The Balaban J connectivity index is 1.74. The van der Waals surface area contributed by atoms with Crippen LogP contribution in [0.25, 0.3) is 16.7 Å². The van der Waals surface area contributed by atoms with E-state index in [-0.39, 0.29) is 5.75 Å². The first-order valence-corrected chi connectivity index (χ1v) is 10.7. The number of rotatable bonds is 9. The summed E-state index contributed by atoms with van der Waals surface area (Å²) in [5, 5.41) is 21.3. The summed E-state index contributed by atoms with van der Waals surface area (Å²) in [5.74, 6) is 0.0987. The molecule has 3 aromatic rings. The van der Waals surface area contributed by atoms with Crippen LogP contribution in [0.3, 0.4) is 0 Å². The van der Waals surface area contributed by atoms with Gasteiger partial charge in [0.2, 0.25) is 10.0 Å². The van der Waals surface area contributed by atoms with Crippen LogP contribution in [0.4, 0.5) is 5.69 Å². The number of nitrogens with zero attached hydrogens (tertiary/aromatic N) is 5. The highest BCUT2D eigenvalue weighted by atomic mass is 32.2. The van der Waals surface area contributed by atoms with Gasteiger partial charge >= 0.3 is 0 Å². The van der Waals surface area contributed by atoms with Crippen molar-refractivity contribution in [1.82, 2.24) is 19.8 Å². The van der Waals surface area contributed by atoms with Crippen LogP contribution in [-0.4, -0.2) is 34.0 Å². The lowest BCUT2D eigenvalue weighted by Gasteiger charge is -2.09. The lowest BCUT2D eigenvalue weighted by molar-refractivity contribution is 0.588. The Bertz CT molecular complexity index is 1080. The van der Waals surface area contributed by atoms with Gasteiger partial charge in [0.15, 0.2) is 5.65 Å². The summed E-state index contributed by atoms with van der Waals surface area (Å²) in [6, 6.07) is 7.00. The number of fused-ring (bicyclic) bond motifs is 3. The molecule has 2 aromatic heterocycles. The Morgan fingerprint density at radius 2 is 1.93 bits per heavy atom. The van der Waals surface area contributed by atoms with Crippen LogP contribution < -0.4 is 4.72 Å². The molecule has 0 aliphatic heterocycles. The van der Waals surface area contributed by atoms with E-state index in [0.717, 1.165) is 19.3 Å². The van der Waals surface area contributed by atoms with Gasteiger partial charge in [-0.1, -0.05) is 39.0 Å². The zero-order chi connectivity index (χ0) is 19.3. The van der Waals surface area contributed by atoms with E-state index in [1.165, 1.54) is 23.6 Å². The van der Waals surface area contributed by atoms with Crippen LogP contribution in [-0.2, 0) is 10.0 Å². The third-order valence-corrected chi connectivity index (χ3v) is 5.73. The quantitative estimate of drug-likeness (QED) is 0.565. The van der Waals surface area contributed by atoms with E-state index in [9.17, 15) is 8.42 Å². The van der Waals surface area contributed by atoms with Gasteiger partial charge in [-0.05, 0) is 24.6 Å². The molecule has 0 atom stereocenters. The molecule has 2 heterocycles. The average molecular weight is 386 g/mol. The lowest BCUT2D eigenvalue weighted by Crippen LogP contribution is -2.16. The number of nitrogens with one attached hydrogen (secondary N) is 1. The van der Waals surface area contributed by atoms with Crippen molar-refractivity contribution >= 4 is 32.4 Å². The average Bonchev–Trinajstić information content (AvgIpc) is 3.08. The first-order valence-electron chi connectivity index (χ1n) is 9.09. The van der Waals surface area contributed by atoms with Gasteiger partial charge in [0.05, 0.1) is 23.2 Å². The van der Waals surface area contributed by atoms with Crippen molar-refractivity contribution in [3.05, 3.63) is 30.0 Å². The zero-order valence-electron chi connectivity index (χ0n) is 15.2. The molecule has 142 valence electrons. The van der Waals surface area contributed by atoms with Crippen LogP contribution in [0.5, 0.6) is 0 Å². The predicted octanol–water partition coefficient (Wildman–Crippen LogP) is 3.25. The van der Waals surface area contributed by atoms with Crippen molar-refractivity contribution in [3.63, 3.8) is 0 Å². The number of unbranched alkanes of at least 4 members (excludes halogenated alkanes) is 5. The van der Waals surface area contributed by atoms with E-state index in [0.29, 0.717) is 34.4 Å². The van der Waals surface area contributed by atoms with Crippen LogP contribution in [0.15, 0.2) is 24.4 Å². The summed E-state index contributed by atoms with van der Waals surface area (Å²) in [6.07, 6.45) is 7.56. The van der Waals surface area contributed by atoms with Crippen molar-refractivity contribution < 1.29 is 8.42 Å². The minimum atomic E-state index is -3.42. The third-order valence-electron chi connectivity index (χ3n) is 4.36. The van der Waals surface area contributed by atoms with E-state index in [1.54, 1.807) is 18.2 Å². The Labute approximate surface area is 158 Å². The topological polar surface area (TPSA) is 113 Å². The van der Waals surface area contributed by atoms with Gasteiger partial charge < -0.3 is 0 Å². The van der Waals surface area contributed by atoms with Crippen LogP contribution in [0, 0.1) is 11.3 Å². The second-order valence-corrected chi connectivity index (χ2v) is 8.34. The van der Waals surface area contributed by atoms with Gasteiger partial charge in [0, 0.05) is 0 Å². The highest BCUT2D eigenvalue weighted by molar-refractivity contribution is 7.92. The van der Waals surface area contributed by atoms with Crippen LogP contribution >= 0.6 is 0 Å². The van der Waals surface area contributed by atoms with Crippen molar-refractivity contribution in [2.45, 2.75) is 45.4 Å². The lowest BCUT2D eigenvalue weighted by atomic mass is 10.1. The fourth-order valence-corrected chi connectivity index (χ4v) is 4.11. The fraction of sp³-hybridized carbons (Fsp3) is 0.444. The molecule has 0 radical (unpaired) electrons. The maximum atomic E-state index is 12.3. The molecular formula is C18H22N6O2S. The molecule has 27 heavy (non-hydrogen) atoms. The zero-order valence-corrected chi connectivity index (χ0v) is 16.0. The summed E-state index contributed by atoms with van der Waals surface area (Å²) in [4.78, 5) is 0. The Kier molecular flexibility index (Phi) is 5.86. The summed E-state index contributed by atoms with van der Waals surface area (Å²) in [5.41, 5.74) is 2.25. The number of sulfonamides is 1. The maximum Gasteiger partial charge on any atom is 0.232 e. The molecule has 0 bridgehead atoms. The number of hydrogen-bond donors (Lipinski definition) is 1. The summed E-state index contributed by atoms with van der Waals surface area (Å²) in [6.45, 7) is 2.15. The molecule has 9 heteroatoms. The van der Waals surface area contributed by atoms with E-state index < -0.39 is 10.0 Å². The van der Waals surface area contributed by atoms with E-state index in [2.05, 4.69) is 26.9 Å². The molecule has 1 N–H and O–H groups in total. The van der Waals surface area contributed by atoms with Crippen molar-refractivity contribution in [3.8, 4) is 6.07 Å². The predicted molar refractivity (Wildman–Crippen MR) is 104 cm³/mol. The molecule has 0 saturated carbocycles. The molecule has 0 aliphatic carbocycles. The molecule has 1 aromatic carbocycles. The highest BCUT2D eigenvalue weighted by Gasteiger charge is 2.13. The summed E-state index contributed by atoms with van der Waals surface area (Å²) in [7, 11) is -3.42. The number of hydrogen-bond acceptors (Lipinski definition) is 6. The monoisotopic (exact) mass is 386 g/mol. The van der Waals surface area contributed by atoms with E-state index in [1.807, 2.05) is 6.07 Å². The Hall–Kier alpha value is -2.73. The molecule has 0 amide bonds. The standard InChI is InChI=1S/C18H22N6O2S/c1-2-3-4-5-6-7-10-27(25,26)23-15-8-9-16-17(11-15)24-18(22-21-16)14(12-19)13-20-24/h8-9,11,13,23H,2-7,10H2,1H3. The molecule has 0 unspecified atom stereocenters. The van der Waals surface area contributed by atoms with Crippen molar-refractivity contribution in [2.75, 3.05) is 10.5 Å². The molecule has 0 fully saturated rings. The first-order chi connectivity index (χ1) is 13.0. The number of benzene rings is 1. The largest absolute Gasteiger partial charge is 0.283 e. The summed E-state index contributed by atoms with van der Waals surface area (Å²) < 4.78 is 28.8. The normalized spacial score (nSPS) is 11.7. The third kappa shape index (κ3) is 4.52. The minimum Gasteiger partial charge on any atom is -0.283 e. The molecule has 0 saturated heterocycles. The molecular weight excluding hydrogens is 364 g/mol. The fourth-order valence-electron chi connectivity index (χ4n) is 2.94. The van der Waals surface area contributed by atoms with Gasteiger partial charge in [0.25, 0.3) is 0 Å². The number of aromatic nitrogens is 4. The molecule has 0 aliphatic rings. The van der Waals surface area contributed by atoms with Gasteiger partial charge in [-0.15, -0.1) is 10.2 Å². The highest BCUT2D eigenvalue weighted by Crippen LogP contribution is 2.20. The first kappa shape index (κ1) is 19.0. The Morgan fingerprint density at radius 1 is 1.15 bits per heavy atom. The molecule has 3 rings (SSSR count). The number of nitriles is 1. The number of anilines is 1. The van der Waals surface area contributed by atoms with Gasteiger partial charge in [-0.25, -0.2) is 12.9 Å². The second-order valence-electron chi connectivity index (χ2n) is 6.50.